The van der Waals surface area contributed by atoms with Crippen LogP contribution in [0.4, 0.5) is 0 Å². The van der Waals surface area contributed by atoms with Crippen molar-refractivity contribution in [3.63, 3.8) is 0 Å². The fraction of sp³-hybridized carbons (Fsp3) is 0.167. The molecule has 1 aromatic carbocycles. The van der Waals surface area contributed by atoms with E-state index < -0.39 is 35.6 Å². The molecule has 1 unspecified atom stereocenters. The number of carbonyl (C=O) groups excluding carboxylic acids is 5. The quantitative estimate of drug-likeness (QED) is 0.485. The zero-order valence-corrected chi connectivity index (χ0v) is 13.8. The molecule has 0 bridgehead atoms. The molecule has 0 radical (unpaired) electrons. The molecule has 9 nitrogen and oxygen atoms in total. The summed E-state index contributed by atoms with van der Waals surface area (Å²) in [5, 5.41) is 2.12. The Morgan fingerprint density at radius 3 is 2.63 bits per heavy atom. The van der Waals surface area contributed by atoms with Crippen LogP contribution in [0.3, 0.4) is 0 Å². The molecule has 136 valence electrons. The van der Waals surface area contributed by atoms with Crippen molar-refractivity contribution in [2.45, 2.75) is 18.9 Å². The average Bonchev–Trinajstić information content (AvgIpc) is 3.25. The van der Waals surface area contributed by atoms with Crippen molar-refractivity contribution in [3.8, 4) is 5.75 Å². The maximum atomic E-state index is 12.8. The highest BCUT2D eigenvalue weighted by molar-refractivity contribution is 6.24. The number of amides is 4. The summed E-state index contributed by atoms with van der Waals surface area (Å²) in [6.45, 7) is 0. The predicted octanol–water partition coefficient (Wildman–Crippen LogP) is 0.900. The number of hydrogen-bond donors (Lipinski definition) is 1. The molecule has 1 aromatic heterocycles. The molecular weight excluding hydrogens is 356 g/mol. The van der Waals surface area contributed by atoms with E-state index in [1.54, 1.807) is 0 Å². The number of ether oxygens (including phenoxy) is 1. The monoisotopic (exact) mass is 368 g/mol. The van der Waals surface area contributed by atoms with Gasteiger partial charge in [0.1, 0.15) is 11.8 Å². The van der Waals surface area contributed by atoms with Crippen LogP contribution >= 0.6 is 0 Å². The Bertz CT molecular complexity index is 993. The van der Waals surface area contributed by atoms with Crippen molar-refractivity contribution >= 4 is 29.6 Å². The van der Waals surface area contributed by atoms with Crippen LogP contribution in [-0.4, -0.2) is 40.5 Å². The molecule has 3 heterocycles. The number of imide groups is 2. The van der Waals surface area contributed by atoms with E-state index in [0.29, 0.717) is 0 Å². The van der Waals surface area contributed by atoms with Crippen molar-refractivity contribution in [1.82, 2.24) is 10.2 Å². The maximum Gasteiger partial charge on any atom is 0.379 e. The van der Waals surface area contributed by atoms with Crippen LogP contribution < -0.4 is 10.1 Å². The maximum absolute atomic E-state index is 12.8. The number of hydrogen-bond acceptors (Lipinski definition) is 7. The van der Waals surface area contributed by atoms with Gasteiger partial charge in [0.25, 0.3) is 11.8 Å². The number of esters is 1. The summed E-state index contributed by atoms with van der Waals surface area (Å²) < 4.78 is 10.2. The second kappa shape index (κ2) is 6.20. The van der Waals surface area contributed by atoms with Crippen molar-refractivity contribution in [1.29, 1.82) is 0 Å². The SMILES string of the molecule is O=C1CCC(N2C(=O)c3cccc(OC(=O)c4ccco4)c3C2=O)C(=O)N1. The van der Waals surface area contributed by atoms with Crippen molar-refractivity contribution in [2.75, 3.05) is 0 Å². The summed E-state index contributed by atoms with van der Waals surface area (Å²) in [5.74, 6) is -3.61. The highest BCUT2D eigenvalue weighted by Gasteiger charge is 2.46. The van der Waals surface area contributed by atoms with E-state index in [2.05, 4.69) is 5.32 Å². The molecule has 9 heteroatoms. The Balaban J connectivity index is 1.66. The normalized spacial score (nSPS) is 19.1. The number of piperidine rings is 1. The first-order valence-electron chi connectivity index (χ1n) is 8.07. The molecule has 0 aliphatic carbocycles. The van der Waals surface area contributed by atoms with E-state index in [1.807, 2.05) is 0 Å². The van der Waals surface area contributed by atoms with Crippen LogP contribution in [0.2, 0.25) is 0 Å². The number of carbonyl (C=O) groups is 5. The number of benzene rings is 1. The lowest BCUT2D eigenvalue weighted by molar-refractivity contribution is -0.136. The summed E-state index contributed by atoms with van der Waals surface area (Å²) in [5.41, 5.74) is -0.0819. The fourth-order valence-electron chi connectivity index (χ4n) is 3.11. The zero-order chi connectivity index (χ0) is 19.1. The Morgan fingerprint density at radius 2 is 1.93 bits per heavy atom. The van der Waals surface area contributed by atoms with E-state index in [-0.39, 0.29) is 35.5 Å². The third-order valence-corrected chi connectivity index (χ3v) is 4.35. The lowest BCUT2D eigenvalue weighted by atomic mass is 10.0. The van der Waals surface area contributed by atoms with Gasteiger partial charge in [0.15, 0.2) is 0 Å². The summed E-state index contributed by atoms with van der Waals surface area (Å²) in [6.07, 6.45) is 1.35. The number of rotatable bonds is 3. The second-order valence-corrected chi connectivity index (χ2v) is 5.99. The molecule has 1 saturated heterocycles. The van der Waals surface area contributed by atoms with Crippen LogP contribution in [0, 0.1) is 0 Å². The van der Waals surface area contributed by atoms with Crippen molar-refractivity contribution in [2.24, 2.45) is 0 Å². The molecule has 4 amide bonds. The van der Waals surface area contributed by atoms with Gasteiger partial charge in [-0.15, -0.1) is 0 Å². The first-order valence-corrected chi connectivity index (χ1v) is 8.07. The first kappa shape index (κ1) is 16.7. The van der Waals surface area contributed by atoms with E-state index in [1.165, 1.54) is 36.6 Å². The minimum atomic E-state index is -1.09. The summed E-state index contributed by atoms with van der Waals surface area (Å²) >= 11 is 0. The average molecular weight is 368 g/mol. The van der Waals surface area contributed by atoms with E-state index in [0.717, 1.165) is 4.90 Å². The number of nitrogens with one attached hydrogen (secondary N) is 1. The smallest absolute Gasteiger partial charge is 0.379 e. The molecule has 2 aromatic rings. The first-order chi connectivity index (χ1) is 13.0. The van der Waals surface area contributed by atoms with Gasteiger partial charge in [-0.25, -0.2) is 4.79 Å². The zero-order valence-electron chi connectivity index (χ0n) is 13.8. The predicted molar refractivity (Wildman–Crippen MR) is 86.8 cm³/mol. The second-order valence-electron chi connectivity index (χ2n) is 5.99. The molecule has 27 heavy (non-hydrogen) atoms. The molecule has 4 rings (SSSR count). The molecule has 1 N–H and O–H groups in total. The van der Waals surface area contributed by atoms with Gasteiger partial charge in [0.2, 0.25) is 17.6 Å². The molecule has 1 fully saturated rings. The van der Waals surface area contributed by atoms with Gasteiger partial charge in [-0.2, -0.15) is 0 Å². The fourth-order valence-corrected chi connectivity index (χ4v) is 3.11. The molecule has 2 aliphatic heterocycles. The highest BCUT2D eigenvalue weighted by atomic mass is 16.5. The third kappa shape index (κ3) is 2.69. The van der Waals surface area contributed by atoms with Gasteiger partial charge in [-0.1, -0.05) is 6.07 Å². The number of furan rings is 1. The standard InChI is InChI=1S/C18H12N2O7/c21-13-7-6-10(15(22)19-13)20-16(23)9-3-1-4-11(14(9)17(20)24)27-18(25)12-5-2-8-26-12/h1-5,8,10H,6-7H2,(H,19,21,22). The van der Waals surface area contributed by atoms with Crippen LogP contribution in [0.1, 0.15) is 44.1 Å². The molecule has 0 spiro atoms. The highest BCUT2D eigenvalue weighted by Crippen LogP contribution is 2.33. The van der Waals surface area contributed by atoms with E-state index in [9.17, 15) is 24.0 Å². The van der Waals surface area contributed by atoms with Crippen LogP contribution in [0.5, 0.6) is 5.75 Å². The minimum Gasteiger partial charge on any atom is -0.457 e. The Kier molecular flexibility index (Phi) is 3.84. The Morgan fingerprint density at radius 1 is 1.11 bits per heavy atom. The number of fused-ring (bicyclic) bond motifs is 1. The minimum absolute atomic E-state index is 0.0180. The topological polar surface area (TPSA) is 123 Å². The molecule has 0 saturated carbocycles. The summed E-state index contributed by atoms with van der Waals surface area (Å²) in [6, 6.07) is 6.05. The van der Waals surface area contributed by atoms with Crippen LogP contribution in [0.15, 0.2) is 41.0 Å². The van der Waals surface area contributed by atoms with E-state index >= 15 is 0 Å². The Hall–Kier alpha value is -3.75. The van der Waals surface area contributed by atoms with Crippen LogP contribution in [0.25, 0.3) is 0 Å². The van der Waals surface area contributed by atoms with Gasteiger partial charge in [-0.3, -0.25) is 29.4 Å². The molecule has 1 atom stereocenters. The third-order valence-electron chi connectivity index (χ3n) is 4.35. The summed E-state index contributed by atoms with van der Waals surface area (Å²) in [7, 11) is 0. The molecular formula is C18H12N2O7. The lowest BCUT2D eigenvalue weighted by Gasteiger charge is -2.27. The lowest BCUT2D eigenvalue weighted by Crippen LogP contribution is -2.54. The van der Waals surface area contributed by atoms with Crippen molar-refractivity contribution in [3.05, 3.63) is 53.5 Å². The Labute approximate surface area is 151 Å². The summed E-state index contributed by atoms with van der Waals surface area (Å²) in [4.78, 5) is 61.8. The van der Waals surface area contributed by atoms with Gasteiger partial charge in [0, 0.05) is 6.42 Å². The van der Waals surface area contributed by atoms with Gasteiger partial charge in [0.05, 0.1) is 17.4 Å². The van der Waals surface area contributed by atoms with Crippen LogP contribution in [-0.2, 0) is 9.59 Å². The van der Waals surface area contributed by atoms with E-state index in [4.69, 9.17) is 9.15 Å². The largest absolute Gasteiger partial charge is 0.457 e. The molecule has 2 aliphatic rings. The van der Waals surface area contributed by atoms with Crippen molar-refractivity contribution < 1.29 is 33.1 Å². The van der Waals surface area contributed by atoms with Gasteiger partial charge >= 0.3 is 5.97 Å². The number of nitrogens with zero attached hydrogens (tertiary/aromatic N) is 1. The van der Waals surface area contributed by atoms with Gasteiger partial charge in [-0.05, 0) is 30.7 Å². The van der Waals surface area contributed by atoms with Gasteiger partial charge < -0.3 is 9.15 Å².